The van der Waals surface area contributed by atoms with Crippen molar-refractivity contribution in [2.75, 3.05) is 0 Å². The summed E-state index contributed by atoms with van der Waals surface area (Å²) in [6.07, 6.45) is 8.82. The molecule has 2 spiro atoms. The van der Waals surface area contributed by atoms with Crippen LogP contribution in [-0.4, -0.2) is 11.1 Å². The second-order valence-electron chi connectivity index (χ2n) is 5.24. The van der Waals surface area contributed by atoms with E-state index in [9.17, 15) is 4.79 Å². The fourth-order valence-corrected chi connectivity index (χ4v) is 4.09. The number of hydrogen-bond acceptors (Lipinski definition) is 1. The summed E-state index contributed by atoms with van der Waals surface area (Å²) in [6, 6.07) is 0. The van der Waals surface area contributed by atoms with E-state index in [0.717, 1.165) is 6.42 Å². The Morgan fingerprint density at radius 3 is 2.23 bits per heavy atom. The van der Waals surface area contributed by atoms with Crippen LogP contribution in [0.25, 0.3) is 0 Å². The van der Waals surface area contributed by atoms with E-state index in [2.05, 4.69) is 0 Å². The first-order chi connectivity index (χ1) is 6.20. The molecule has 3 aliphatic rings. The molecule has 1 N–H and O–H groups in total. The second kappa shape index (κ2) is 2.10. The van der Waals surface area contributed by atoms with Gasteiger partial charge in [0.15, 0.2) is 0 Å². The number of carbonyl (C=O) groups is 1. The second-order valence-corrected chi connectivity index (χ2v) is 5.24. The topological polar surface area (TPSA) is 37.3 Å². The molecule has 13 heavy (non-hydrogen) atoms. The van der Waals surface area contributed by atoms with Crippen molar-refractivity contribution in [1.29, 1.82) is 0 Å². The van der Waals surface area contributed by atoms with Crippen LogP contribution in [0, 0.1) is 16.7 Å². The van der Waals surface area contributed by atoms with Crippen LogP contribution in [0.4, 0.5) is 0 Å². The van der Waals surface area contributed by atoms with Crippen molar-refractivity contribution in [2.24, 2.45) is 16.7 Å². The van der Waals surface area contributed by atoms with Gasteiger partial charge in [0.25, 0.3) is 0 Å². The van der Waals surface area contributed by atoms with Crippen LogP contribution >= 0.6 is 0 Å². The van der Waals surface area contributed by atoms with Gasteiger partial charge in [0.05, 0.1) is 5.92 Å². The molecule has 3 aliphatic carbocycles. The number of hydrogen-bond donors (Lipinski definition) is 1. The van der Waals surface area contributed by atoms with E-state index in [1.54, 1.807) is 0 Å². The van der Waals surface area contributed by atoms with Crippen LogP contribution < -0.4 is 0 Å². The van der Waals surface area contributed by atoms with E-state index in [1.165, 1.54) is 38.5 Å². The van der Waals surface area contributed by atoms with Crippen LogP contribution in [0.5, 0.6) is 0 Å². The van der Waals surface area contributed by atoms with Crippen LogP contribution in [0.15, 0.2) is 0 Å². The summed E-state index contributed by atoms with van der Waals surface area (Å²) < 4.78 is 0. The van der Waals surface area contributed by atoms with Gasteiger partial charge in [-0.1, -0.05) is 12.8 Å². The van der Waals surface area contributed by atoms with Crippen molar-refractivity contribution in [1.82, 2.24) is 0 Å². The van der Waals surface area contributed by atoms with Crippen molar-refractivity contribution in [3.63, 3.8) is 0 Å². The largest absolute Gasteiger partial charge is 0.481 e. The van der Waals surface area contributed by atoms with Crippen molar-refractivity contribution in [3.05, 3.63) is 0 Å². The number of aliphatic carboxylic acids is 1. The molecule has 0 saturated heterocycles. The van der Waals surface area contributed by atoms with Gasteiger partial charge >= 0.3 is 5.97 Å². The lowest BCUT2D eigenvalue weighted by atomic mass is 9.55. The van der Waals surface area contributed by atoms with E-state index in [4.69, 9.17) is 5.11 Å². The summed E-state index contributed by atoms with van der Waals surface area (Å²) in [7, 11) is 0. The minimum Gasteiger partial charge on any atom is -0.481 e. The molecule has 0 bridgehead atoms. The zero-order valence-corrected chi connectivity index (χ0v) is 7.88. The van der Waals surface area contributed by atoms with Gasteiger partial charge in [-0.2, -0.15) is 0 Å². The van der Waals surface area contributed by atoms with Gasteiger partial charge < -0.3 is 5.11 Å². The molecule has 2 nitrogen and oxygen atoms in total. The van der Waals surface area contributed by atoms with Crippen molar-refractivity contribution >= 4 is 5.97 Å². The fraction of sp³-hybridized carbons (Fsp3) is 0.909. The van der Waals surface area contributed by atoms with Crippen LogP contribution in [0.1, 0.15) is 44.9 Å². The molecule has 0 aromatic rings. The minimum absolute atomic E-state index is 0.0272. The first-order valence-corrected chi connectivity index (χ1v) is 5.43. The quantitative estimate of drug-likeness (QED) is 0.673. The smallest absolute Gasteiger partial charge is 0.307 e. The summed E-state index contributed by atoms with van der Waals surface area (Å²) in [4.78, 5) is 10.9. The zero-order chi connectivity index (χ0) is 9.10. The molecule has 3 fully saturated rings. The first-order valence-electron chi connectivity index (χ1n) is 5.43. The fourth-order valence-electron chi connectivity index (χ4n) is 4.09. The maximum absolute atomic E-state index is 10.9. The Morgan fingerprint density at radius 2 is 1.85 bits per heavy atom. The lowest BCUT2D eigenvalue weighted by molar-refractivity contribution is -0.142. The minimum atomic E-state index is -0.536. The van der Waals surface area contributed by atoms with Crippen LogP contribution in [-0.2, 0) is 4.79 Å². The maximum Gasteiger partial charge on any atom is 0.307 e. The zero-order valence-electron chi connectivity index (χ0n) is 7.88. The summed E-state index contributed by atoms with van der Waals surface area (Å²) in [6.45, 7) is 0. The predicted octanol–water partition coefficient (Wildman–Crippen LogP) is 2.43. The van der Waals surface area contributed by atoms with Gasteiger partial charge in [-0.25, -0.2) is 0 Å². The summed E-state index contributed by atoms with van der Waals surface area (Å²) in [5, 5.41) is 9.00. The Hall–Kier alpha value is -0.530. The molecule has 2 atom stereocenters. The van der Waals surface area contributed by atoms with E-state index in [-0.39, 0.29) is 11.3 Å². The lowest BCUT2D eigenvalue weighted by Gasteiger charge is -2.49. The van der Waals surface area contributed by atoms with Gasteiger partial charge in [-0.3, -0.25) is 4.79 Å². The molecule has 0 aromatic carbocycles. The number of fused-ring (bicyclic) bond motifs is 1. The molecule has 0 aliphatic heterocycles. The van der Waals surface area contributed by atoms with Crippen LogP contribution in [0.3, 0.4) is 0 Å². The van der Waals surface area contributed by atoms with Crippen molar-refractivity contribution in [2.45, 2.75) is 44.9 Å². The highest BCUT2D eigenvalue weighted by atomic mass is 16.4. The molecule has 0 heterocycles. The molecular formula is C11H16O2. The predicted molar refractivity (Wildman–Crippen MR) is 48.3 cm³/mol. The van der Waals surface area contributed by atoms with Gasteiger partial charge in [-0.15, -0.1) is 0 Å². The third-order valence-corrected chi connectivity index (χ3v) is 5.04. The van der Waals surface area contributed by atoms with E-state index in [1.807, 2.05) is 0 Å². The van der Waals surface area contributed by atoms with Gasteiger partial charge in [0.1, 0.15) is 0 Å². The molecule has 2 heteroatoms. The Bertz CT molecular complexity index is 265. The normalized spacial score (nSPS) is 45.1. The van der Waals surface area contributed by atoms with Crippen molar-refractivity contribution < 1.29 is 9.90 Å². The van der Waals surface area contributed by atoms with E-state index >= 15 is 0 Å². The number of rotatable bonds is 1. The van der Waals surface area contributed by atoms with Crippen molar-refractivity contribution in [3.8, 4) is 0 Å². The highest BCUT2D eigenvalue weighted by Crippen LogP contribution is 2.79. The maximum atomic E-state index is 10.9. The summed E-state index contributed by atoms with van der Waals surface area (Å²) >= 11 is 0. The first kappa shape index (κ1) is 7.84. The molecule has 0 radical (unpaired) electrons. The Labute approximate surface area is 78.3 Å². The molecular weight excluding hydrogens is 164 g/mol. The average molecular weight is 180 g/mol. The van der Waals surface area contributed by atoms with Gasteiger partial charge in [-0.05, 0) is 42.9 Å². The highest BCUT2D eigenvalue weighted by molar-refractivity contribution is 5.75. The molecule has 3 saturated carbocycles. The Balaban J connectivity index is 1.84. The molecule has 0 amide bonds. The third kappa shape index (κ3) is 0.733. The summed E-state index contributed by atoms with van der Waals surface area (Å²) in [5.74, 6) is -0.509. The lowest BCUT2D eigenvalue weighted by Crippen LogP contribution is -2.42. The van der Waals surface area contributed by atoms with E-state index < -0.39 is 5.97 Å². The van der Waals surface area contributed by atoms with Gasteiger partial charge in [0, 0.05) is 0 Å². The average Bonchev–Trinajstić information content (AvgIpc) is 2.69. The van der Waals surface area contributed by atoms with Crippen LogP contribution in [0.2, 0.25) is 0 Å². The van der Waals surface area contributed by atoms with Gasteiger partial charge in [0.2, 0.25) is 0 Å². The number of carboxylic acids is 1. The molecule has 3 rings (SSSR count). The summed E-state index contributed by atoms with van der Waals surface area (Å²) in [5.41, 5.74) is 0.783. The van der Waals surface area contributed by atoms with E-state index in [0.29, 0.717) is 5.41 Å². The SMILES string of the molecule is O=C(O)C1CC12CCC21CCCC1. The third-order valence-electron chi connectivity index (χ3n) is 5.04. The Morgan fingerprint density at radius 1 is 1.15 bits per heavy atom. The molecule has 0 aromatic heterocycles. The standard InChI is InChI=1S/C11H16O2/c12-9(13)8-7-11(8)6-5-10(11)3-1-2-4-10/h8H,1-7H2,(H,12,13). The molecule has 72 valence electrons. The highest BCUT2D eigenvalue weighted by Gasteiger charge is 2.73. The monoisotopic (exact) mass is 180 g/mol. The molecule has 2 unspecified atom stereocenters. The Kier molecular flexibility index (Phi) is 1.27. The number of carboxylic acid groups (broad SMARTS) is 1.